The third-order valence-electron chi connectivity index (χ3n) is 3.90. The number of fused-ring (bicyclic) bond motifs is 1. The lowest BCUT2D eigenvalue weighted by Gasteiger charge is -2.15. The van der Waals surface area contributed by atoms with Crippen molar-refractivity contribution in [2.75, 3.05) is 6.54 Å². The van der Waals surface area contributed by atoms with Crippen LogP contribution in [0.15, 0.2) is 53.3 Å². The molecule has 0 saturated carbocycles. The van der Waals surface area contributed by atoms with Crippen molar-refractivity contribution in [1.29, 1.82) is 0 Å². The number of amides is 1. The molecule has 0 unspecified atom stereocenters. The number of rotatable bonds is 6. The van der Waals surface area contributed by atoms with Crippen molar-refractivity contribution < 1.29 is 24.6 Å². The van der Waals surface area contributed by atoms with Gasteiger partial charge in [-0.05, 0) is 23.8 Å². The highest BCUT2D eigenvalue weighted by molar-refractivity contribution is 6.31. The van der Waals surface area contributed by atoms with E-state index in [1.54, 1.807) is 24.3 Å². The van der Waals surface area contributed by atoms with Crippen LogP contribution in [0.1, 0.15) is 15.9 Å². The summed E-state index contributed by atoms with van der Waals surface area (Å²) in [6.07, 6.45) is 0. The van der Waals surface area contributed by atoms with Crippen LogP contribution in [0.3, 0.4) is 0 Å². The molecular weight excluding hydrogens is 388 g/mol. The molecule has 2 aromatic carbocycles. The molecule has 0 fully saturated rings. The molecule has 9 heteroatoms. The lowest BCUT2D eigenvalue weighted by Crippen LogP contribution is -2.37. The summed E-state index contributed by atoms with van der Waals surface area (Å²) >= 11 is 6.00. The SMILES string of the molecule is O=C(O)CNC(=O)c1c(O)c2ccc(Cl)cc2n(OCc2ccccc2)c1=O. The monoisotopic (exact) mass is 402 g/mol. The molecule has 0 aliphatic rings. The summed E-state index contributed by atoms with van der Waals surface area (Å²) in [4.78, 5) is 41.4. The number of carboxylic acids is 1. The molecule has 3 aromatic rings. The summed E-state index contributed by atoms with van der Waals surface area (Å²) in [7, 11) is 0. The van der Waals surface area contributed by atoms with Crippen molar-refractivity contribution >= 4 is 34.4 Å². The van der Waals surface area contributed by atoms with Crippen LogP contribution in [0.2, 0.25) is 5.02 Å². The van der Waals surface area contributed by atoms with Crippen molar-refractivity contribution in [3.05, 3.63) is 75.0 Å². The first-order chi connectivity index (χ1) is 13.4. The fourth-order valence-electron chi connectivity index (χ4n) is 2.61. The Bertz CT molecular complexity index is 1110. The Labute approximate surface area is 163 Å². The average Bonchev–Trinajstić information content (AvgIpc) is 2.67. The maximum Gasteiger partial charge on any atom is 0.322 e. The predicted octanol–water partition coefficient (Wildman–Crippen LogP) is 1.80. The van der Waals surface area contributed by atoms with E-state index >= 15 is 0 Å². The smallest absolute Gasteiger partial charge is 0.322 e. The second-order valence-corrected chi connectivity index (χ2v) is 6.26. The van der Waals surface area contributed by atoms with Crippen LogP contribution < -0.4 is 15.7 Å². The van der Waals surface area contributed by atoms with Gasteiger partial charge in [-0.25, -0.2) is 0 Å². The molecule has 0 aliphatic carbocycles. The van der Waals surface area contributed by atoms with Gasteiger partial charge < -0.3 is 20.4 Å². The third-order valence-corrected chi connectivity index (χ3v) is 4.13. The van der Waals surface area contributed by atoms with Gasteiger partial charge in [0.2, 0.25) is 0 Å². The van der Waals surface area contributed by atoms with E-state index in [0.29, 0.717) is 5.02 Å². The third kappa shape index (κ3) is 3.91. The van der Waals surface area contributed by atoms with E-state index in [0.717, 1.165) is 10.3 Å². The number of benzene rings is 2. The predicted molar refractivity (Wildman–Crippen MR) is 102 cm³/mol. The second kappa shape index (κ2) is 8.01. The molecule has 1 aromatic heterocycles. The van der Waals surface area contributed by atoms with E-state index in [9.17, 15) is 19.5 Å². The van der Waals surface area contributed by atoms with Gasteiger partial charge in [0, 0.05) is 10.4 Å². The number of carbonyl (C=O) groups is 2. The van der Waals surface area contributed by atoms with E-state index in [-0.39, 0.29) is 17.5 Å². The fraction of sp³-hybridized carbons (Fsp3) is 0.105. The first-order valence-corrected chi connectivity index (χ1v) is 8.50. The van der Waals surface area contributed by atoms with Gasteiger partial charge in [0.1, 0.15) is 18.9 Å². The largest absolute Gasteiger partial charge is 0.506 e. The first kappa shape index (κ1) is 19.2. The molecule has 0 spiro atoms. The number of aliphatic carboxylic acids is 1. The van der Waals surface area contributed by atoms with Crippen LogP contribution in [0.4, 0.5) is 0 Å². The number of aromatic nitrogens is 1. The minimum atomic E-state index is -1.29. The molecule has 0 saturated heterocycles. The number of carboxylic acid groups (broad SMARTS) is 1. The standard InChI is InChI=1S/C19H15ClN2O6/c20-12-6-7-13-14(8-12)22(28-10-11-4-2-1-3-5-11)19(27)16(17(13)25)18(26)21-9-15(23)24/h1-8,25H,9-10H2,(H,21,26)(H,23,24). The van der Waals surface area contributed by atoms with E-state index < -0.39 is 35.3 Å². The molecular formula is C19H15ClN2O6. The maximum absolute atomic E-state index is 12.8. The van der Waals surface area contributed by atoms with Gasteiger partial charge >= 0.3 is 5.97 Å². The maximum atomic E-state index is 12.8. The highest BCUT2D eigenvalue weighted by Crippen LogP contribution is 2.28. The van der Waals surface area contributed by atoms with Gasteiger partial charge in [-0.15, -0.1) is 4.73 Å². The Hall–Kier alpha value is -3.52. The van der Waals surface area contributed by atoms with E-state index in [2.05, 4.69) is 5.32 Å². The van der Waals surface area contributed by atoms with E-state index in [1.807, 2.05) is 6.07 Å². The van der Waals surface area contributed by atoms with Gasteiger partial charge in [-0.1, -0.05) is 41.9 Å². The Kier molecular flexibility index (Phi) is 5.51. The van der Waals surface area contributed by atoms with Crippen molar-refractivity contribution in [3.8, 4) is 5.75 Å². The Morgan fingerprint density at radius 2 is 1.86 bits per heavy atom. The number of aromatic hydroxyl groups is 1. The second-order valence-electron chi connectivity index (χ2n) is 5.82. The highest BCUT2D eigenvalue weighted by atomic mass is 35.5. The number of nitrogens with one attached hydrogen (secondary N) is 1. The normalized spacial score (nSPS) is 10.6. The van der Waals surface area contributed by atoms with E-state index in [1.165, 1.54) is 18.2 Å². The lowest BCUT2D eigenvalue weighted by atomic mass is 10.1. The summed E-state index contributed by atoms with van der Waals surface area (Å²) in [6.45, 7) is -0.690. The van der Waals surface area contributed by atoms with Gasteiger partial charge in [0.15, 0.2) is 5.56 Å². The minimum Gasteiger partial charge on any atom is -0.506 e. The quantitative estimate of drug-likeness (QED) is 0.578. The van der Waals surface area contributed by atoms with Crippen molar-refractivity contribution in [1.82, 2.24) is 10.0 Å². The van der Waals surface area contributed by atoms with Gasteiger partial charge in [0.05, 0.1) is 5.52 Å². The molecule has 28 heavy (non-hydrogen) atoms. The van der Waals surface area contributed by atoms with Crippen molar-refractivity contribution in [2.24, 2.45) is 0 Å². The van der Waals surface area contributed by atoms with Crippen LogP contribution >= 0.6 is 11.6 Å². The zero-order valence-corrected chi connectivity index (χ0v) is 15.1. The van der Waals surface area contributed by atoms with Crippen molar-refractivity contribution in [3.63, 3.8) is 0 Å². The molecule has 1 amide bonds. The van der Waals surface area contributed by atoms with Crippen LogP contribution in [-0.4, -0.2) is 33.4 Å². The molecule has 3 rings (SSSR count). The summed E-state index contributed by atoms with van der Waals surface area (Å²) in [5, 5.41) is 21.7. The summed E-state index contributed by atoms with van der Waals surface area (Å²) in [5.74, 6) is -2.90. The minimum absolute atomic E-state index is 0.0172. The number of nitrogens with zero attached hydrogens (tertiary/aromatic N) is 1. The van der Waals surface area contributed by atoms with Gasteiger partial charge in [-0.2, -0.15) is 0 Å². The number of halogens is 1. The summed E-state index contributed by atoms with van der Waals surface area (Å²) in [6, 6.07) is 13.4. The molecule has 144 valence electrons. The lowest BCUT2D eigenvalue weighted by molar-refractivity contribution is -0.135. The molecule has 8 nitrogen and oxygen atoms in total. The highest BCUT2D eigenvalue weighted by Gasteiger charge is 2.23. The number of hydrogen-bond acceptors (Lipinski definition) is 5. The number of pyridine rings is 1. The Balaban J connectivity index is 2.11. The van der Waals surface area contributed by atoms with Crippen molar-refractivity contribution in [2.45, 2.75) is 6.61 Å². The van der Waals surface area contributed by atoms with Crippen LogP contribution in [-0.2, 0) is 11.4 Å². The summed E-state index contributed by atoms with van der Waals surface area (Å²) < 4.78 is 0.865. The zero-order chi connectivity index (χ0) is 20.3. The molecule has 3 N–H and O–H groups in total. The van der Waals surface area contributed by atoms with Gasteiger partial charge in [0.25, 0.3) is 11.5 Å². The average molecular weight is 403 g/mol. The number of carbonyl (C=O) groups excluding carboxylic acids is 1. The molecule has 0 atom stereocenters. The molecule has 0 bridgehead atoms. The van der Waals surface area contributed by atoms with Gasteiger partial charge in [-0.3, -0.25) is 14.4 Å². The molecule has 0 aliphatic heterocycles. The Morgan fingerprint density at radius 1 is 1.14 bits per heavy atom. The van der Waals surface area contributed by atoms with Crippen LogP contribution in [0, 0.1) is 0 Å². The summed E-state index contributed by atoms with van der Waals surface area (Å²) in [5.41, 5.74) is -0.620. The molecule has 0 radical (unpaired) electrons. The van der Waals surface area contributed by atoms with E-state index in [4.69, 9.17) is 21.5 Å². The molecule has 1 heterocycles. The fourth-order valence-corrected chi connectivity index (χ4v) is 2.78. The zero-order valence-electron chi connectivity index (χ0n) is 14.4. The van der Waals surface area contributed by atoms with Crippen LogP contribution in [0.5, 0.6) is 5.75 Å². The topological polar surface area (TPSA) is 118 Å². The first-order valence-electron chi connectivity index (χ1n) is 8.13. The Morgan fingerprint density at radius 3 is 2.54 bits per heavy atom. The number of hydrogen-bond donors (Lipinski definition) is 3. The van der Waals surface area contributed by atoms with Crippen LogP contribution in [0.25, 0.3) is 10.9 Å².